The Morgan fingerprint density at radius 2 is 0.207 bits per heavy atom. The summed E-state index contributed by atoms with van der Waals surface area (Å²) >= 11 is 0. The summed E-state index contributed by atoms with van der Waals surface area (Å²) in [5.41, 5.74) is 0. The Kier molecular flexibility index (Phi) is 74.0. The first kappa shape index (κ1) is 115. The standard InChI is InChI=1S/C80H162O36/c1-55(82-28)30-83-56(2)31-84-57(3)32-85-58(4)33-86-59(5)34-87-60(6)35-88-61(7)36-89-62(8)37-90-63(9)38-91-64(10)39-92-65(11)40-93-66(12)41-94-67(13)42-95-68(14)43-96-69(15)44-97-70(16)45-98-71(17)46-99-109-73(19)48-101-111-75(21)50-103-113-77(23)52-105-115-79(25)54-107-116-80(26)53-106-114-78(24)51-104-112-76(22)49-102-110-74(20)47-100-108-72(18)29-81-27/h55-80H,29-54H2,1-28H3. The number of hydrogen-bond acceptors (Lipinski definition) is 36. The van der Waals surface area contributed by atoms with Crippen molar-refractivity contribution in [2.24, 2.45) is 0 Å². The van der Waals surface area contributed by atoms with Gasteiger partial charge in [0.05, 0.1) is 216 Å². The van der Waals surface area contributed by atoms with Crippen LogP contribution in [0.4, 0.5) is 0 Å². The van der Waals surface area contributed by atoms with E-state index in [0.29, 0.717) is 112 Å². The van der Waals surface area contributed by atoms with Gasteiger partial charge in [0, 0.05) is 14.2 Å². The molecule has 0 N–H and O–H groups in total. The van der Waals surface area contributed by atoms with Crippen molar-refractivity contribution in [3.63, 3.8) is 0 Å². The highest BCUT2D eigenvalue weighted by Crippen LogP contribution is 2.13. The van der Waals surface area contributed by atoms with E-state index in [1.54, 1.807) is 69.6 Å². The number of methoxy groups -OCH3 is 2. The molecule has 0 radical (unpaired) electrons. The highest BCUT2D eigenvalue weighted by atomic mass is 17.3. The SMILES string of the molecule is COCC(C)OOCC(C)OOCC(C)OOCC(C)OOCC(C)OOCC(C)OOCC(C)OOCC(C)OOCC(C)OOCC(C)OCC(C)OCC(C)OCC(C)OCC(C)OCC(C)OCC(C)OCC(C)OCC(C)OCC(C)OCC(C)OCC(C)OCC(C)OCC(C)OCC(C)OCC(C)OCC(C)OC. The van der Waals surface area contributed by atoms with Crippen LogP contribution >= 0.6 is 0 Å². The molecule has 0 heterocycles. The van der Waals surface area contributed by atoms with Gasteiger partial charge in [-0.15, -0.1) is 0 Å². The van der Waals surface area contributed by atoms with Gasteiger partial charge in [-0.2, -0.15) is 0 Å². The van der Waals surface area contributed by atoms with Gasteiger partial charge in [0.25, 0.3) is 0 Å². The van der Waals surface area contributed by atoms with Gasteiger partial charge in [-0.05, 0) is 180 Å². The third-order valence-corrected chi connectivity index (χ3v) is 15.5. The first-order valence-electron chi connectivity index (χ1n) is 41.6. The second-order valence-corrected chi connectivity index (χ2v) is 30.5. The Hall–Kier alpha value is -1.44. The fraction of sp³-hybridized carbons (Fsp3) is 1.00. The largest absolute Gasteiger partial charge is 0.382 e. The minimum absolute atomic E-state index is 0.0295. The smallest absolute Gasteiger partial charge is 0.117 e. The molecule has 0 spiro atoms. The summed E-state index contributed by atoms with van der Waals surface area (Å²) in [6, 6.07) is 0. The normalized spacial score (nSPS) is 19.2. The van der Waals surface area contributed by atoms with Crippen molar-refractivity contribution < 1.29 is 173 Å². The summed E-state index contributed by atoms with van der Waals surface area (Å²) in [6.07, 6.45) is -5.86. The minimum Gasteiger partial charge on any atom is -0.382 e. The fourth-order valence-electron chi connectivity index (χ4n) is 8.38. The van der Waals surface area contributed by atoms with Crippen LogP contribution in [-0.4, -0.2) is 345 Å². The fourth-order valence-corrected chi connectivity index (χ4v) is 8.38. The van der Waals surface area contributed by atoms with Crippen LogP contribution in [-0.2, 0) is 173 Å². The van der Waals surface area contributed by atoms with E-state index in [2.05, 4.69) is 0 Å². The van der Waals surface area contributed by atoms with Crippen molar-refractivity contribution in [2.75, 3.05) is 186 Å². The van der Waals surface area contributed by atoms with Gasteiger partial charge in [0.1, 0.15) is 114 Å². The van der Waals surface area contributed by atoms with E-state index in [-0.39, 0.29) is 175 Å². The van der Waals surface area contributed by atoms with Crippen molar-refractivity contribution in [3.05, 3.63) is 0 Å². The molecule has 26 atom stereocenters. The van der Waals surface area contributed by atoms with E-state index in [4.69, 9.17) is 173 Å². The minimum atomic E-state index is -0.474. The Morgan fingerprint density at radius 1 is 0.112 bits per heavy atom. The highest BCUT2D eigenvalue weighted by Gasteiger charge is 2.22. The maximum absolute atomic E-state index is 6.03. The summed E-state index contributed by atoms with van der Waals surface area (Å²) in [7, 11) is 3.25. The topological polar surface area (TPSA) is 332 Å². The Morgan fingerprint density at radius 3 is 0.319 bits per heavy atom. The highest BCUT2D eigenvalue weighted by molar-refractivity contribution is 4.65. The number of rotatable bonds is 87. The molecule has 0 aromatic carbocycles. The van der Waals surface area contributed by atoms with Crippen molar-refractivity contribution in [1.29, 1.82) is 0 Å². The van der Waals surface area contributed by atoms with Crippen LogP contribution in [0.15, 0.2) is 0 Å². The van der Waals surface area contributed by atoms with Gasteiger partial charge >= 0.3 is 0 Å². The zero-order valence-electron chi connectivity index (χ0n) is 76.1. The molecule has 0 fully saturated rings. The Balaban J connectivity index is 3.98. The van der Waals surface area contributed by atoms with Crippen LogP contribution in [0.5, 0.6) is 0 Å². The molecule has 26 unspecified atom stereocenters. The second kappa shape index (κ2) is 74.9. The van der Waals surface area contributed by atoms with E-state index >= 15 is 0 Å². The van der Waals surface area contributed by atoms with Gasteiger partial charge in [0.2, 0.25) is 0 Å². The molecule has 0 rings (SSSR count). The first-order chi connectivity index (χ1) is 55.2. The molecule has 0 aromatic heterocycles. The molecule has 0 aliphatic heterocycles. The second-order valence-electron chi connectivity index (χ2n) is 30.5. The molecule has 0 aromatic rings. The van der Waals surface area contributed by atoms with Crippen LogP contribution in [0.2, 0.25) is 0 Å². The lowest BCUT2D eigenvalue weighted by molar-refractivity contribution is -0.415. The summed E-state index contributed by atoms with van der Waals surface area (Å²) < 4.78 is 106. The van der Waals surface area contributed by atoms with Gasteiger partial charge in [-0.25, -0.2) is 88.0 Å². The average molecular weight is 1700 g/mol. The van der Waals surface area contributed by atoms with Gasteiger partial charge in [0.15, 0.2) is 0 Å². The molecule has 0 aliphatic carbocycles. The van der Waals surface area contributed by atoms with Crippen molar-refractivity contribution in [3.8, 4) is 0 Å². The molecule has 0 aliphatic rings. The zero-order chi connectivity index (χ0) is 86.9. The summed E-state index contributed by atoms with van der Waals surface area (Å²) in [6.45, 7) is 57.5. The van der Waals surface area contributed by atoms with E-state index in [1.807, 2.05) is 125 Å². The van der Waals surface area contributed by atoms with Crippen LogP contribution in [0.3, 0.4) is 0 Å². The number of hydrogen-bond donors (Lipinski definition) is 0. The predicted molar refractivity (Wildman–Crippen MR) is 423 cm³/mol. The van der Waals surface area contributed by atoms with Crippen molar-refractivity contribution in [1.82, 2.24) is 0 Å². The molecule has 36 heteroatoms. The molecule has 0 saturated heterocycles. The molecule has 0 saturated carbocycles. The first-order valence-corrected chi connectivity index (χ1v) is 41.6. The number of ether oxygens (including phenoxy) is 18. The maximum Gasteiger partial charge on any atom is 0.117 e. The molecular weight excluding hydrogens is 1540 g/mol. The lowest BCUT2D eigenvalue weighted by atomic mass is 10.3. The molecule has 698 valence electrons. The molecule has 116 heavy (non-hydrogen) atoms. The van der Waals surface area contributed by atoms with Crippen LogP contribution in [0.25, 0.3) is 0 Å². The van der Waals surface area contributed by atoms with E-state index in [0.717, 1.165) is 0 Å². The van der Waals surface area contributed by atoms with Crippen LogP contribution in [0.1, 0.15) is 180 Å². The molecular formula is C80H162O36. The Labute approximate surface area is 695 Å². The summed E-state index contributed by atoms with van der Waals surface area (Å²) in [4.78, 5) is 94.9. The lowest BCUT2D eigenvalue weighted by Crippen LogP contribution is -2.31. The van der Waals surface area contributed by atoms with Gasteiger partial charge in [-0.3, -0.25) is 0 Å². The quantitative estimate of drug-likeness (QED) is 0.0403. The van der Waals surface area contributed by atoms with Crippen LogP contribution in [0, 0.1) is 0 Å². The zero-order valence-corrected chi connectivity index (χ0v) is 76.1. The summed E-state index contributed by atoms with van der Waals surface area (Å²) in [5, 5.41) is 0. The van der Waals surface area contributed by atoms with Crippen molar-refractivity contribution in [2.45, 2.75) is 339 Å². The third kappa shape index (κ3) is 74.0. The van der Waals surface area contributed by atoms with Gasteiger partial charge in [-0.1, -0.05) is 0 Å². The van der Waals surface area contributed by atoms with Crippen molar-refractivity contribution >= 4 is 0 Å². The van der Waals surface area contributed by atoms with E-state index < -0.39 is 42.7 Å². The maximum atomic E-state index is 6.03. The monoisotopic (exact) mass is 1700 g/mol. The van der Waals surface area contributed by atoms with E-state index in [1.165, 1.54) is 0 Å². The third-order valence-electron chi connectivity index (χ3n) is 15.5. The summed E-state index contributed by atoms with van der Waals surface area (Å²) in [5.74, 6) is 0. The lowest BCUT2D eigenvalue weighted by Gasteiger charge is -2.24. The molecule has 0 amide bonds. The van der Waals surface area contributed by atoms with Crippen LogP contribution < -0.4 is 0 Å². The molecule has 36 nitrogen and oxygen atoms in total. The Bertz CT molecular complexity index is 2100. The van der Waals surface area contributed by atoms with Gasteiger partial charge < -0.3 is 85.3 Å². The average Bonchev–Trinajstić information content (AvgIpc) is 0.997. The predicted octanol–water partition coefficient (Wildman–Crippen LogP) is 10.2. The van der Waals surface area contributed by atoms with E-state index in [9.17, 15) is 0 Å². The molecule has 0 bridgehead atoms.